The van der Waals surface area contributed by atoms with Crippen LogP contribution >= 0.6 is 11.8 Å². The standard InChI is InChI=1S/C19H19NS/c1-14-6-10-18(11-7-14)21-13-19(20)17-9-8-15-4-2-3-5-16(15)12-17/h2-12,19H,13,20H2,1H3. The van der Waals surface area contributed by atoms with Gasteiger partial charge >= 0.3 is 0 Å². The van der Waals surface area contributed by atoms with Crippen molar-refractivity contribution in [3.05, 3.63) is 77.9 Å². The van der Waals surface area contributed by atoms with Gasteiger partial charge in [0.15, 0.2) is 0 Å². The van der Waals surface area contributed by atoms with Crippen molar-refractivity contribution in [2.75, 3.05) is 5.75 Å². The molecule has 21 heavy (non-hydrogen) atoms. The molecule has 0 fully saturated rings. The second-order valence-corrected chi connectivity index (χ2v) is 6.43. The number of fused-ring (bicyclic) bond motifs is 1. The summed E-state index contributed by atoms with van der Waals surface area (Å²) >= 11 is 1.81. The summed E-state index contributed by atoms with van der Waals surface area (Å²) in [7, 11) is 0. The van der Waals surface area contributed by atoms with Gasteiger partial charge in [-0.25, -0.2) is 0 Å². The highest BCUT2D eigenvalue weighted by atomic mass is 32.2. The van der Waals surface area contributed by atoms with Crippen LogP contribution in [0.5, 0.6) is 0 Å². The average Bonchev–Trinajstić information content (AvgIpc) is 2.53. The zero-order valence-electron chi connectivity index (χ0n) is 12.1. The fourth-order valence-corrected chi connectivity index (χ4v) is 3.25. The van der Waals surface area contributed by atoms with E-state index >= 15 is 0 Å². The molecule has 3 aromatic carbocycles. The van der Waals surface area contributed by atoms with Crippen molar-refractivity contribution in [1.82, 2.24) is 0 Å². The number of hydrogen-bond donors (Lipinski definition) is 1. The Kier molecular flexibility index (Phi) is 4.28. The molecule has 0 aromatic heterocycles. The highest BCUT2D eigenvalue weighted by Crippen LogP contribution is 2.25. The van der Waals surface area contributed by atoms with E-state index in [-0.39, 0.29) is 6.04 Å². The van der Waals surface area contributed by atoms with Gasteiger partial charge in [0.25, 0.3) is 0 Å². The van der Waals surface area contributed by atoms with E-state index in [1.165, 1.54) is 26.8 Å². The first-order valence-electron chi connectivity index (χ1n) is 7.16. The fourth-order valence-electron chi connectivity index (χ4n) is 2.36. The molecule has 106 valence electrons. The van der Waals surface area contributed by atoms with Crippen molar-refractivity contribution in [3.63, 3.8) is 0 Å². The van der Waals surface area contributed by atoms with Crippen molar-refractivity contribution in [2.45, 2.75) is 17.9 Å². The molecule has 2 N–H and O–H groups in total. The molecule has 0 bridgehead atoms. The van der Waals surface area contributed by atoms with Crippen molar-refractivity contribution in [3.8, 4) is 0 Å². The number of hydrogen-bond acceptors (Lipinski definition) is 2. The molecule has 0 aliphatic heterocycles. The van der Waals surface area contributed by atoms with Gasteiger partial charge in [-0.3, -0.25) is 0 Å². The van der Waals surface area contributed by atoms with Crippen LogP contribution in [0, 0.1) is 6.92 Å². The lowest BCUT2D eigenvalue weighted by Crippen LogP contribution is -2.12. The normalized spacial score (nSPS) is 12.5. The molecule has 0 aliphatic carbocycles. The molecule has 1 atom stereocenters. The van der Waals surface area contributed by atoms with Crippen molar-refractivity contribution >= 4 is 22.5 Å². The predicted molar refractivity (Wildman–Crippen MR) is 92.8 cm³/mol. The zero-order valence-corrected chi connectivity index (χ0v) is 12.9. The van der Waals surface area contributed by atoms with Crippen LogP contribution in [-0.2, 0) is 0 Å². The number of rotatable bonds is 4. The summed E-state index contributed by atoms with van der Waals surface area (Å²) in [6.45, 7) is 2.11. The van der Waals surface area contributed by atoms with Crippen LogP contribution in [-0.4, -0.2) is 5.75 Å². The first-order valence-corrected chi connectivity index (χ1v) is 8.15. The largest absolute Gasteiger partial charge is 0.323 e. The summed E-state index contributed by atoms with van der Waals surface area (Å²) in [6.07, 6.45) is 0. The number of thioether (sulfide) groups is 1. The molecule has 3 rings (SSSR count). The smallest absolute Gasteiger partial charge is 0.0390 e. The molecule has 1 unspecified atom stereocenters. The van der Waals surface area contributed by atoms with Gasteiger partial charge < -0.3 is 5.73 Å². The fraction of sp³-hybridized carbons (Fsp3) is 0.158. The predicted octanol–water partition coefficient (Wildman–Crippen LogP) is 4.94. The Labute approximate surface area is 130 Å². The van der Waals surface area contributed by atoms with Gasteiger partial charge in [0.05, 0.1) is 0 Å². The van der Waals surface area contributed by atoms with E-state index < -0.39 is 0 Å². The maximum Gasteiger partial charge on any atom is 0.0390 e. The van der Waals surface area contributed by atoms with Crippen LogP contribution in [0.1, 0.15) is 17.2 Å². The number of benzene rings is 3. The first kappa shape index (κ1) is 14.2. The molecular formula is C19H19NS. The molecule has 2 heteroatoms. The molecule has 0 aliphatic rings. The van der Waals surface area contributed by atoms with E-state index in [1.54, 1.807) is 0 Å². The topological polar surface area (TPSA) is 26.0 Å². The van der Waals surface area contributed by atoms with Gasteiger partial charge in [-0.2, -0.15) is 0 Å². The van der Waals surface area contributed by atoms with E-state index in [2.05, 4.69) is 73.7 Å². The maximum absolute atomic E-state index is 6.34. The van der Waals surface area contributed by atoms with Crippen LogP contribution in [0.2, 0.25) is 0 Å². The molecular weight excluding hydrogens is 274 g/mol. The third-order valence-electron chi connectivity index (χ3n) is 3.65. The van der Waals surface area contributed by atoms with Crippen molar-refractivity contribution in [1.29, 1.82) is 0 Å². The van der Waals surface area contributed by atoms with Crippen LogP contribution < -0.4 is 5.73 Å². The monoisotopic (exact) mass is 293 g/mol. The van der Waals surface area contributed by atoms with Gasteiger partial charge in [-0.05, 0) is 41.5 Å². The summed E-state index contributed by atoms with van der Waals surface area (Å²) < 4.78 is 0. The summed E-state index contributed by atoms with van der Waals surface area (Å²) in [5.41, 5.74) is 8.84. The molecule has 0 radical (unpaired) electrons. The molecule has 0 amide bonds. The Bertz CT molecular complexity index is 734. The molecule has 0 saturated carbocycles. The van der Waals surface area contributed by atoms with Gasteiger partial charge in [0.2, 0.25) is 0 Å². The lowest BCUT2D eigenvalue weighted by molar-refractivity contribution is 0.833. The second kappa shape index (κ2) is 6.33. The minimum atomic E-state index is 0.0564. The molecule has 0 spiro atoms. The number of aryl methyl sites for hydroxylation is 1. The van der Waals surface area contributed by atoms with Crippen LogP contribution in [0.15, 0.2) is 71.6 Å². The average molecular weight is 293 g/mol. The Hall–Kier alpha value is -1.77. The Morgan fingerprint density at radius 2 is 1.62 bits per heavy atom. The van der Waals surface area contributed by atoms with Crippen LogP contribution in [0.3, 0.4) is 0 Å². The summed E-state index contributed by atoms with van der Waals surface area (Å²) in [5.74, 6) is 0.890. The second-order valence-electron chi connectivity index (χ2n) is 5.34. The third-order valence-corrected chi connectivity index (χ3v) is 4.78. The van der Waals surface area contributed by atoms with Gasteiger partial charge in [-0.15, -0.1) is 11.8 Å². The number of nitrogens with two attached hydrogens (primary N) is 1. The molecule has 3 aromatic rings. The quantitative estimate of drug-likeness (QED) is 0.689. The minimum absolute atomic E-state index is 0.0564. The van der Waals surface area contributed by atoms with Gasteiger partial charge in [-0.1, -0.05) is 54.1 Å². The first-order chi connectivity index (χ1) is 10.2. The van der Waals surface area contributed by atoms with Gasteiger partial charge in [0, 0.05) is 16.7 Å². The van der Waals surface area contributed by atoms with E-state index in [1.807, 2.05) is 11.8 Å². The molecule has 0 heterocycles. The van der Waals surface area contributed by atoms with E-state index in [0.717, 1.165) is 5.75 Å². The summed E-state index contributed by atoms with van der Waals surface area (Å²) in [6, 6.07) is 23.6. The van der Waals surface area contributed by atoms with Crippen LogP contribution in [0.25, 0.3) is 10.8 Å². The molecule has 0 saturated heterocycles. The van der Waals surface area contributed by atoms with E-state index in [4.69, 9.17) is 5.73 Å². The SMILES string of the molecule is Cc1ccc(SCC(N)c2ccc3ccccc3c2)cc1. The third kappa shape index (κ3) is 3.46. The van der Waals surface area contributed by atoms with Crippen molar-refractivity contribution in [2.24, 2.45) is 5.73 Å². The Balaban J connectivity index is 1.71. The summed E-state index contributed by atoms with van der Waals surface area (Å²) in [4.78, 5) is 1.27. The van der Waals surface area contributed by atoms with Crippen molar-refractivity contribution < 1.29 is 0 Å². The maximum atomic E-state index is 6.34. The van der Waals surface area contributed by atoms with Crippen LogP contribution in [0.4, 0.5) is 0 Å². The highest BCUT2D eigenvalue weighted by Gasteiger charge is 2.07. The lowest BCUT2D eigenvalue weighted by atomic mass is 10.0. The molecule has 1 nitrogen and oxygen atoms in total. The zero-order chi connectivity index (χ0) is 14.7. The highest BCUT2D eigenvalue weighted by molar-refractivity contribution is 7.99. The van der Waals surface area contributed by atoms with E-state index in [0.29, 0.717) is 0 Å². The lowest BCUT2D eigenvalue weighted by Gasteiger charge is -2.13. The minimum Gasteiger partial charge on any atom is -0.323 e. The summed E-state index contributed by atoms with van der Waals surface area (Å²) in [5, 5.41) is 2.52. The Morgan fingerprint density at radius 1 is 0.905 bits per heavy atom. The van der Waals surface area contributed by atoms with E-state index in [9.17, 15) is 0 Å². The van der Waals surface area contributed by atoms with Gasteiger partial charge in [0.1, 0.15) is 0 Å². The Morgan fingerprint density at radius 3 is 2.38 bits per heavy atom.